The van der Waals surface area contributed by atoms with Crippen LogP contribution in [0.2, 0.25) is 0 Å². The molecule has 0 aliphatic carbocycles. The molecule has 1 N–H and O–H groups in total. The Kier molecular flexibility index (Phi) is 3.85. The maximum atomic E-state index is 11.4. The molecule has 88 valence electrons. The van der Waals surface area contributed by atoms with E-state index in [4.69, 9.17) is 4.74 Å². The van der Waals surface area contributed by atoms with Gasteiger partial charge in [0.2, 0.25) is 0 Å². The number of halogens is 1. The summed E-state index contributed by atoms with van der Waals surface area (Å²) in [7, 11) is 0. The molecular formula is C10H14BrN3O2. The molecule has 0 aromatic carbocycles. The van der Waals surface area contributed by atoms with Gasteiger partial charge >= 0.3 is 6.09 Å². The van der Waals surface area contributed by atoms with Crippen molar-refractivity contribution in [1.29, 1.82) is 0 Å². The van der Waals surface area contributed by atoms with Gasteiger partial charge in [-0.2, -0.15) is 0 Å². The lowest BCUT2D eigenvalue weighted by molar-refractivity contribution is 0.0635. The lowest BCUT2D eigenvalue weighted by atomic mass is 10.2. The van der Waals surface area contributed by atoms with E-state index >= 15 is 0 Å². The van der Waals surface area contributed by atoms with Crippen LogP contribution >= 0.6 is 15.9 Å². The monoisotopic (exact) mass is 287 g/mol. The van der Waals surface area contributed by atoms with Crippen LogP contribution in [0.3, 0.4) is 0 Å². The first kappa shape index (κ1) is 12.9. The Morgan fingerprint density at radius 3 is 2.62 bits per heavy atom. The number of amides is 1. The molecule has 0 unspecified atom stereocenters. The van der Waals surface area contributed by atoms with Gasteiger partial charge in [-0.25, -0.2) is 14.8 Å². The molecule has 1 aromatic rings. The summed E-state index contributed by atoms with van der Waals surface area (Å²) in [4.78, 5) is 19.5. The van der Waals surface area contributed by atoms with Gasteiger partial charge in [-0.15, -0.1) is 0 Å². The molecule has 0 aliphatic rings. The summed E-state index contributed by atoms with van der Waals surface area (Å²) in [5.41, 5.74) is 0.176. The third kappa shape index (κ3) is 4.14. The summed E-state index contributed by atoms with van der Waals surface area (Å²) in [5, 5.41) is 2.51. The third-order valence-electron chi connectivity index (χ3n) is 1.52. The van der Waals surface area contributed by atoms with Crippen LogP contribution in [0, 0.1) is 6.92 Å². The van der Waals surface area contributed by atoms with E-state index in [1.54, 1.807) is 27.7 Å². The standard InChI is InChI=1S/C10H14BrN3O2/c1-6-8(11)12-5-7(13-6)14-9(15)16-10(2,3)4/h5H,1-4H3,(H,13,14,15). The number of nitrogens with one attached hydrogen (secondary N) is 1. The topological polar surface area (TPSA) is 64.1 Å². The number of nitrogens with zero attached hydrogens (tertiary/aromatic N) is 2. The molecule has 0 saturated carbocycles. The number of anilines is 1. The van der Waals surface area contributed by atoms with Gasteiger partial charge in [0.25, 0.3) is 0 Å². The van der Waals surface area contributed by atoms with Crippen LogP contribution < -0.4 is 5.32 Å². The summed E-state index contributed by atoms with van der Waals surface area (Å²) in [6.45, 7) is 7.18. The summed E-state index contributed by atoms with van der Waals surface area (Å²) in [6, 6.07) is 0. The molecule has 1 amide bonds. The van der Waals surface area contributed by atoms with Gasteiger partial charge in [0.15, 0.2) is 5.82 Å². The van der Waals surface area contributed by atoms with Gasteiger partial charge in [-0.05, 0) is 43.6 Å². The van der Waals surface area contributed by atoms with Crippen molar-refractivity contribution in [3.05, 3.63) is 16.5 Å². The number of hydrogen-bond acceptors (Lipinski definition) is 4. The van der Waals surface area contributed by atoms with Crippen molar-refractivity contribution >= 4 is 27.8 Å². The van der Waals surface area contributed by atoms with E-state index in [1.807, 2.05) is 0 Å². The fourth-order valence-electron chi connectivity index (χ4n) is 0.935. The molecule has 0 radical (unpaired) electrons. The molecule has 6 heteroatoms. The first-order valence-electron chi connectivity index (χ1n) is 4.77. The molecule has 16 heavy (non-hydrogen) atoms. The van der Waals surface area contributed by atoms with Crippen LogP contribution in [0.15, 0.2) is 10.8 Å². The number of ether oxygens (including phenoxy) is 1. The Balaban J connectivity index is 2.67. The molecular weight excluding hydrogens is 274 g/mol. The highest BCUT2D eigenvalue weighted by Gasteiger charge is 2.16. The predicted molar refractivity (Wildman–Crippen MR) is 64.3 cm³/mol. The SMILES string of the molecule is Cc1nc(NC(=O)OC(C)(C)C)cnc1Br. The van der Waals surface area contributed by atoms with E-state index in [0.29, 0.717) is 16.1 Å². The lowest BCUT2D eigenvalue weighted by Gasteiger charge is -2.19. The Morgan fingerprint density at radius 2 is 2.12 bits per heavy atom. The van der Waals surface area contributed by atoms with E-state index < -0.39 is 11.7 Å². The van der Waals surface area contributed by atoms with Gasteiger partial charge in [0.05, 0.1) is 11.9 Å². The minimum atomic E-state index is -0.538. The number of aromatic nitrogens is 2. The van der Waals surface area contributed by atoms with Crippen LogP contribution in [0.25, 0.3) is 0 Å². The molecule has 0 aliphatic heterocycles. The Hall–Kier alpha value is -1.17. The molecule has 0 fully saturated rings. The summed E-state index contributed by atoms with van der Waals surface area (Å²) in [5.74, 6) is 0.370. The van der Waals surface area contributed by atoms with Crippen molar-refractivity contribution in [1.82, 2.24) is 9.97 Å². The Bertz CT molecular complexity index is 402. The maximum absolute atomic E-state index is 11.4. The van der Waals surface area contributed by atoms with Gasteiger partial charge < -0.3 is 4.74 Å². The zero-order chi connectivity index (χ0) is 12.3. The van der Waals surface area contributed by atoms with Crippen LogP contribution in [0.5, 0.6) is 0 Å². The van der Waals surface area contributed by atoms with Crippen LogP contribution in [0.4, 0.5) is 10.6 Å². The number of carbonyl (C=O) groups is 1. The van der Waals surface area contributed by atoms with Crippen molar-refractivity contribution in [3.8, 4) is 0 Å². The van der Waals surface area contributed by atoms with Crippen molar-refractivity contribution in [2.24, 2.45) is 0 Å². The number of hydrogen-bond donors (Lipinski definition) is 1. The van der Waals surface area contributed by atoms with Gasteiger partial charge in [0, 0.05) is 0 Å². The van der Waals surface area contributed by atoms with Crippen molar-refractivity contribution in [3.63, 3.8) is 0 Å². The molecule has 1 aromatic heterocycles. The molecule has 0 spiro atoms. The first-order chi connectivity index (χ1) is 7.28. The van der Waals surface area contributed by atoms with Gasteiger partial charge in [-0.3, -0.25) is 5.32 Å². The molecule has 1 rings (SSSR count). The molecule has 0 bridgehead atoms. The average Bonchev–Trinajstić information content (AvgIpc) is 2.08. The molecule has 0 atom stereocenters. The molecule has 1 heterocycles. The molecule has 0 saturated heterocycles. The summed E-state index contributed by atoms with van der Waals surface area (Å²) < 4.78 is 5.74. The first-order valence-corrected chi connectivity index (χ1v) is 5.56. The van der Waals surface area contributed by atoms with Gasteiger partial charge in [0.1, 0.15) is 10.2 Å². The second-order valence-electron chi connectivity index (χ2n) is 4.26. The van der Waals surface area contributed by atoms with Crippen LogP contribution in [-0.4, -0.2) is 21.7 Å². The molecule has 5 nitrogen and oxygen atoms in total. The second-order valence-corrected chi connectivity index (χ2v) is 5.01. The van der Waals surface area contributed by atoms with E-state index in [-0.39, 0.29) is 0 Å². The predicted octanol–water partition coefficient (Wildman–Crippen LogP) is 2.89. The maximum Gasteiger partial charge on any atom is 0.413 e. The number of carbonyl (C=O) groups excluding carboxylic acids is 1. The number of rotatable bonds is 1. The second kappa shape index (κ2) is 4.78. The third-order valence-corrected chi connectivity index (χ3v) is 2.29. The van der Waals surface area contributed by atoms with E-state index in [9.17, 15) is 4.79 Å². The normalized spacial score (nSPS) is 11.1. The summed E-state index contributed by atoms with van der Waals surface area (Å²) >= 11 is 3.23. The number of aryl methyl sites for hydroxylation is 1. The van der Waals surface area contributed by atoms with E-state index in [1.165, 1.54) is 6.20 Å². The largest absolute Gasteiger partial charge is 0.444 e. The average molecular weight is 288 g/mol. The smallest absolute Gasteiger partial charge is 0.413 e. The quantitative estimate of drug-likeness (QED) is 0.863. The van der Waals surface area contributed by atoms with Crippen molar-refractivity contribution < 1.29 is 9.53 Å². The minimum absolute atomic E-state index is 0.370. The van der Waals surface area contributed by atoms with Crippen LogP contribution in [0.1, 0.15) is 26.5 Å². The van der Waals surface area contributed by atoms with Crippen molar-refractivity contribution in [2.45, 2.75) is 33.3 Å². The fraction of sp³-hybridized carbons (Fsp3) is 0.500. The zero-order valence-corrected chi connectivity index (χ0v) is 11.3. The van der Waals surface area contributed by atoms with E-state index in [2.05, 4.69) is 31.2 Å². The highest BCUT2D eigenvalue weighted by atomic mass is 79.9. The highest BCUT2D eigenvalue weighted by Crippen LogP contribution is 2.13. The Morgan fingerprint density at radius 1 is 1.50 bits per heavy atom. The van der Waals surface area contributed by atoms with Gasteiger partial charge in [-0.1, -0.05) is 0 Å². The zero-order valence-electron chi connectivity index (χ0n) is 9.67. The highest BCUT2D eigenvalue weighted by molar-refractivity contribution is 9.10. The summed E-state index contributed by atoms with van der Waals surface area (Å²) in [6.07, 6.45) is 0.921. The fourth-order valence-corrected chi connectivity index (χ4v) is 1.13. The van der Waals surface area contributed by atoms with Crippen molar-refractivity contribution in [2.75, 3.05) is 5.32 Å². The minimum Gasteiger partial charge on any atom is -0.444 e. The van der Waals surface area contributed by atoms with E-state index in [0.717, 1.165) is 0 Å². The van der Waals surface area contributed by atoms with Crippen LogP contribution in [-0.2, 0) is 4.74 Å². The Labute approximate surface area is 103 Å². The lowest BCUT2D eigenvalue weighted by Crippen LogP contribution is -2.27.